The fourth-order valence-corrected chi connectivity index (χ4v) is 1.62. The molecule has 0 fully saturated rings. The van der Waals surface area contributed by atoms with E-state index < -0.39 is 5.97 Å². The molecule has 0 amide bonds. The third-order valence-electron chi connectivity index (χ3n) is 1.88. The molecule has 0 aromatic carbocycles. The Hall–Kier alpha value is -1.36. The first-order valence-corrected chi connectivity index (χ1v) is 4.73. The van der Waals surface area contributed by atoms with Gasteiger partial charge in [-0.25, -0.2) is 9.78 Å². The molecule has 0 atom stereocenters. The molecular formula is C9H7BrN2O2. The first kappa shape index (κ1) is 9.21. The van der Waals surface area contributed by atoms with Gasteiger partial charge in [0.1, 0.15) is 5.65 Å². The van der Waals surface area contributed by atoms with Crippen molar-refractivity contribution < 1.29 is 9.53 Å². The predicted octanol–water partition coefficient (Wildman–Crippen LogP) is 2.11. The van der Waals surface area contributed by atoms with Crippen LogP contribution in [0.15, 0.2) is 22.8 Å². The molecule has 4 nitrogen and oxygen atoms in total. The highest BCUT2D eigenvalue weighted by atomic mass is 79.9. The molecule has 1 N–H and O–H groups in total. The lowest BCUT2D eigenvalue weighted by Gasteiger charge is -1.97. The summed E-state index contributed by atoms with van der Waals surface area (Å²) < 4.78 is 5.49. The zero-order valence-electron chi connectivity index (χ0n) is 7.37. The zero-order valence-corrected chi connectivity index (χ0v) is 8.96. The molecule has 0 spiro atoms. The van der Waals surface area contributed by atoms with Crippen LogP contribution in [-0.4, -0.2) is 23.0 Å². The number of pyridine rings is 1. The minimum Gasteiger partial charge on any atom is -0.464 e. The summed E-state index contributed by atoms with van der Waals surface area (Å²) >= 11 is 3.36. The van der Waals surface area contributed by atoms with Gasteiger partial charge in [0.25, 0.3) is 0 Å². The molecule has 72 valence electrons. The number of ether oxygens (including phenoxy) is 1. The Labute approximate surface area is 88.4 Å². The second kappa shape index (κ2) is 3.42. The summed E-state index contributed by atoms with van der Waals surface area (Å²) in [5.41, 5.74) is 0.967. The Morgan fingerprint density at radius 1 is 1.57 bits per heavy atom. The minimum absolute atomic E-state index is 0.300. The van der Waals surface area contributed by atoms with E-state index in [1.54, 1.807) is 12.3 Å². The molecular weight excluding hydrogens is 248 g/mol. The van der Waals surface area contributed by atoms with Crippen molar-refractivity contribution in [3.8, 4) is 0 Å². The van der Waals surface area contributed by atoms with Gasteiger partial charge in [0.15, 0.2) is 5.69 Å². The average Bonchev–Trinajstić information content (AvgIpc) is 2.59. The van der Waals surface area contributed by atoms with Crippen LogP contribution in [0.25, 0.3) is 11.0 Å². The second-order valence-corrected chi connectivity index (χ2v) is 3.58. The number of methoxy groups -OCH3 is 1. The Kier molecular flexibility index (Phi) is 2.25. The van der Waals surface area contributed by atoms with Crippen LogP contribution in [0.2, 0.25) is 0 Å². The van der Waals surface area contributed by atoms with Crippen LogP contribution in [0.1, 0.15) is 10.5 Å². The van der Waals surface area contributed by atoms with Gasteiger partial charge in [0, 0.05) is 16.1 Å². The normalized spacial score (nSPS) is 10.4. The van der Waals surface area contributed by atoms with Gasteiger partial charge in [-0.3, -0.25) is 0 Å². The van der Waals surface area contributed by atoms with E-state index in [-0.39, 0.29) is 0 Å². The van der Waals surface area contributed by atoms with Gasteiger partial charge in [-0.2, -0.15) is 0 Å². The number of H-pyrrole nitrogens is 1. The Morgan fingerprint density at radius 3 is 3.07 bits per heavy atom. The summed E-state index contributed by atoms with van der Waals surface area (Å²) in [6.07, 6.45) is 1.78. The number of hydrogen-bond acceptors (Lipinski definition) is 3. The van der Waals surface area contributed by atoms with E-state index in [0.717, 1.165) is 9.86 Å². The first-order valence-electron chi connectivity index (χ1n) is 3.94. The maximum atomic E-state index is 11.2. The predicted molar refractivity (Wildman–Crippen MR) is 55.1 cm³/mol. The van der Waals surface area contributed by atoms with Crippen molar-refractivity contribution >= 4 is 32.9 Å². The van der Waals surface area contributed by atoms with Crippen LogP contribution < -0.4 is 0 Å². The van der Waals surface area contributed by atoms with Gasteiger partial charge in [0.2, 0.25) is 0 Å². The van der Waals surface area contributed by atoms with E-state index in [9.17, 15) is 4.79 Å². The lowest BCUT2D eigenvalue weighted by molar-refractivity contribution is 0.0594. The topological polar surface area (TPSA) is 55.0 Å². The van der Waals surface area contributed by atoms with Gasteiger partial charge in [-0.15, -0.1) is 0 Å². The highest BCUT2D eigenvalue weighted by Gasteiger charge is 2.09. The van der Waals surface area contributed by atoms with Crippen LogP contribution in [0.3, 0.4) is 0 Å². The summed E-state index contributed by atoms with van der Waals surface area (Å²) in [7, 11) is 1.33. The number of hydrogen-bond donors (Lipinski definition) is 1. The van der Waals surface area contributed by atoms with E-state index in [4.69, 9.17) is 0 Å². The lowest BCUT2D eigenvalue weighted by Crippen LogP contribution is -2.03. The highest BCUT2D eigenvalue weighted by molar-refractivity contribution is 9.10. The molecule has 2 rings (SSSR count). The molecule has 0 saturated heterocycles. The molecule has 0 aliphatic rings. The van der Waals surface area contributed by atoms with Crippen LogP contribution in [0.4, 0.5) is 0 Å². The Bertz CT molecular complexity index is 493. The van der Waals surface area contributed by atoms with Gasteiger partial charge in [-0.05, 0) is 28.1 Å². The van der Waals surface area contributed by atoms with Gasteiger partial charge in [0.05, 0.1) is 7.11 Å². The highest BCUT2D eigenvalue weighted by Crippen LogP contribution is 2.22. The number of halogens is 1. The number of carbonyl (C=O) groups is 1. The van der Waals surface area contributed by atoms with E-state index in [1.807, 2.05) is 6.07 Å². The molecule has 2 aromatic rings. The van der Waals surface area contributed by atoms with E-state index in [1.165, 1.54) is 7.11 Å². The van der Waals surface area contributed by atoms with Crippen LogP contribution in [0, 0.1) is 0 Å². The van der Waals surface area contributed by atoms with Crippen LogP contribution >= 0.6 is 15.9 Å². The second-order valence-electron chi connectivity index (χ2n) is 2.72. The van der Waals surface area contributed by atoms with E-state index in [2.05, 4.69) is 30.6 Å². The van der Waals surface area contributed by atoms with E-state index in [0.29, 0.717) is 11.3 Å². The number of aromatic nitrogens is 2. The largest absolute Gasteiger partial charge is 0.464 e. The van der Waals surface area contributed by atoms with Crippen molar-refractivity contribution in [1.29, 1.82) is 0 Å². The molecule has 14 heavy (non-hydrogen) atoms. The SMILES string of the molecule is COC(=O)c1ccc2c(Br)c[nH]c2n1. The van der Waals surface area contributed by atoms with Crippen molar-refractivity contribution in [1.82, 2.24) is 9.97 Å². The number of esters is 1. The van der Waals surface area contributed by atoms with Crippen molar-refractivity contribution in [3.05, 3.63) is 28.5 Å². The van der Waals surface area contributed by atoms with Gasteiger partial charge < -0.3 is 9.72 Å². The molecule has 0 bridgehead atoms. The quantitative estimate of drug-likeness (QED) is 0.794. The van der Waals surface area contributed by atoms with Gasteiger partial charge in [-0.1, -0.05) is 0 Å². The number of rotatable bonds is 1. The summed E-state index contributed by atoms with van der Waals surface area (Å²) in [5.74, 6) is -0.433. The molecule has 5 heteroatoms. The number of fused-ring (bicyclic) bond motifs is 1. The Balaban J connectivity index is 2.57. The van der Waals surface area contributed by atoms with Crippen molar-refractivity contribution in [2.75, 3.05) is 7.11 Å². The smallest absolute Gasteiger partial charge is 0.356 e. The molecule has 2 heterocycles. The fraction of sp³-hybridized carbons (Fsp3) is 0.111. The molecule has 2 aromatic heterocycles. The molecule has 0 unspecified atom stereocenters. The molecule has 0 radical (unpaired) electrons. The third-order valence-corrected chi connectivity index (χ3v) is 2.54. The first-order chi connectivity index (χ1) is 6.72. The minimum atomic E-state index is -0.433. The van der Waals surface area contributed by atoms with Gasteiger partial charge >= 0.3 is 5.97 Å². The van der Waals surface area contributed by atoms with Crippen LogP contribution in [0.5, 0.6) is 0 Å². The molecule has 0 aliphatic heterocycles. The monoisotopic (exact) mass is 254 g/mol. The molecule has 0 aliphatic carbocycles. The Morgan fingerprint density at radius 2 is 2.36 bits per heavy atom. The summed E-state index contributed by atoms with van der Waals surface area (Å²) in [6, 6.07) is 3.45. The number of nitrogens with zero attached hydrogens (tertiary/aromatic N) is 1. The third kappa shape index (κ3) is 1.39. The van der Waals surface area contributed by atoms with Crippen molar-refractivity contribution in [2.24, 2.45) is 0 Å². The summed E-state index contributed by atoms with van der Waals surface area (Å²) in [4.78, 5) is 18.2. The van der Waals surface area contributed by atoms with Crippen LogP contribution in [-0.2, 0) is 4.74 Å². The van der Waals surface area contributed by atoms with Crippen molar-refractivity contribution in [2.45, 2.75) is 0 Å². The maximum Gasteiger partial charge on any atom is 0.356 e. The average molecular weight is 255 g/mol. The standard InChI is InChI=1S/C9H7BrN2O2/c1-14-9(13)7-3-2-5-6(10)4-11-8(5)12-7/h2-4H,1H3,(H,11,12). The lowest BCUT2D eigenvalue weighted by atomic mass is 10.3. The molecule has 0 saturated carbocycles. The zero-order chi connectivity index (χ0) is 10.1. The number of carbonyl (C=O) groups excluding carboxylic acids is 1. The maximum absolute atomic E-state index is 11.2. The van der Waals surface area contributed by atoms with Crippen molar-refractivity contribution in [3.63, 3.8) is 0 Å². The number of nitrogens with one attached hydrogen (secondary N) is 1. The van der Waals surface area contributed by atoms with E-state index >= 15 is 0 Å². The summed E-state index contributed by atoms with van der Waals surface area (Å²) in [6.45, 7) is 0. The number of aromatic amines is 1. The summed E-state index contributed by atoms with van der Waals surface area (Å²) in [5, 5.41) is 0.942. The fourth-order valence-electron chi connectivity index (χ4n) is 1.19.